The van der Waals surface area contributed by atoms with E-state index in [4.69, 9.17) is 14.2 Å². The average Bonchev–Trinajstić information content (AvgIpc) is 3.06. The highest BCUT2D eigenvalue weighted by atomic mass is 32.2. The van der Waals surface area contributed by atoms with Gasteiger partial charge >= 0.3 is 5.97 Å². The second-order valence-electron chi connectivity index (χ2n) is 7.92. The van der Waals surface area contributed by atoms with E-state index in [-0.39, 0.29) is 23.5 Å². The predicted molar refractivity (Wildman–Crippen MR) is 132 cm³/mol. The Hall–Kier alpha value is -3.79. The van der Waals surface area contributed by atoms with Crippen LogP contribution in [0, 0.1) is 6.92 Å². The zero-order valence-electron chi connectivity index (χ0n) is 19.8. The summed E-state index contributed by atoms with van der Waals surface area (Å²) in [5.41, 5.74) is 2.33. The SMILES string of the molecule is COc1cc(/C=C2/SC(=O)N(CC(=O)OC(C)C)C2=O)ccc1OCC(=O)Nc1ccc(C)cc1. The van der Waals surface area contributed by atoms with Gasteiger partial charge in [-0.05, 0) is 68.4 Å². The number of ether oxygens (including phenoxy) is 3. The largest absolute Gasteiger partial charge is 0.493 e. The lowest BCUT2D eigenvalue weighted by atomic mass is 10.2. The third-order valence-corrected chi connectivity index (χ3v) is 5.61. The molecule has 2 aromatic carbocycles. The van der Waals surface area contributed by atoms with Gasteiger partial charge in [0.2, 0.25) is 0 Å². The number of thioether (sulfide) groups is 1. The highest BCUT2D eigenvalue weighted by Gasteiger charge is 2.36. The van der Waals surface area contributed by atoms with Gasteiger partial charge in [0, 0.05) is 5.69 Å². The lowest BCUT2D eigenvalue weighted by Gasteiger charge is -2.13. The molecule has 2 aromatic rings. The quantitative estimate of drug-likeness (QED) is 0.408. The van der Waals surface area contributed by atoms with Gasteiger partial charge in [0.15, 0.2) is 18.1 Å². The van der Waals surface area contributed by atoms with E-state index in [2.05, 4.69) is 5.32 Å². The predicted octanol–water partition coefficient (Wildman–Crippen LogP) is 4.01. The third kappa shape index (κ3) is 7.10. The van der Waals surface area contributed by atoms with Crippen LogP contribution >= 0.6 is 11.8 Å². The fourth-order valence-electron chi connectivity index (χ4n) is 3.09. The molecule has 3 amide bonds. The molecular weight excluding hydrogens is 472 g/mol. The first kappa shape index (κ1) is 25.8. The summed E-state index contributed by atoms with van der Waals surface area (Å²) in [7, 11) is 1.45. The molecule has 0 atom stereocenters. The number of anilines is 1. The summed E-state index contributed by atoms with van der Waals surface area (Å²) in [4.78, 5) is 49.9. The number of rotatable bonds is 9. The molecule has 9 nitrogen and oxygen atoms in total. The fourth-order valence-corrected chi connectivity index (χ4v) is 3.93. The van der Waals surface area contributed by atoms with E-state index >= 15 is 0 Å². The van der Waals surface area contributed by atoms with Crippen LogP contribution in [0.2, 0.25) is 0 Å². The normalized spacial score (nSPS) is 14.4. The Morgan fingerprint density at radius 1 is 1.09 bits per heavy atom. The molecule has 0 radical (unpaired) electrons. The number of carbonyl (C=O) groups is 4. The smallest absolute Gasteiger partial charge is 0.326 e. The third-order valence-electron chi connectivity index (χ3n) is 4.71. The second-order valence-corrected chi connectivity index (χ2v) is 8.91. The van der Waals surface area contributed by atoms with Crippen molar-refractivity contribution >= 4 is 46.5 Å². The maximum Gasteiger partial charge on any atom is 0.326 e. The maximum atomic E-state index is 12.6. The van der Waals surface area contributed by atoms with E-state index in [0.29, 0.717) is 22.7 Å². The van der Waals surface area contributed by atoms with Gasteiger partial charge in [0.25, 0.3) is 17.1 Å². The Balaban J connectivity index is 1.64. The van der Waals surface area contributed by atoms with Crippen molar-refractivity contribution in [3.63, 3.8) is 0 Å². The summed E-state index contributed by atoms with van der Waals surface area (Å²) < 4.78 is 16.0. The zero-order chi connectivity index (χ0) is 25.5. The van der Waals surface area contributed by atoms with Crippen molar-refractivity contribution in [2.75, 3.05) is 25.6 Å². The number of amides is 3. The Kier molecular flexibility index (Phi) is 8.53. The molecular formula is C25H26N2O7S. The second kappa shape index (κ2) is 11.6. The molecule has 184 valence electrons. The highest BCUT2D eigenvalue weighted by Crippen LogP contribution is 2.34. The number of aryl methyl sites for hydroxylation is 1. The van der Waals surface area contributed by atoms with Crippen molar-refractivity contribution in [3.05, 3.63) is 58.5 Å². The lowest BCUT2D eigenvalue weighted by molar-refractivity contribution is -0.149. The van der Waals surface area contributed by atoms with E-state index in [1.807, 2.05) is 19.1 Å². The Bertz CT molecular complexity index is 1160. The van der Waals surface area contributed by atoms with Gasteiger partial charge in [0.1, 0.15) is 6.54 Å². The van der Waals surface area contributed by atoms with Crippen LogP contribution in [0.1, 0.15) is 25.0 Å². The summed E-state index contributed by atoms with van der Waals surface area (Å²) in [6.45, 7) is 4.65. The van der Waals surface area contributed by atoms with E-state index in [1.165, 1.54) is 13.2 Å². The van der Waals surface area contributed by atoms with Crippen molar-refractivity contribution in [2.45, 2.75) is 26.9 Å². The van der Waals surface area contributed by atoms with Crippen molar-refractivity contribution in [1.29, 1.82) is 0 Å². The van der Waals surface area contributed by atoms with Gasteiger partial charge in [0.05, 0.1) is 18.1 Å². The molecule has 1 N–H and O–H groups in total. The number of carbonyl (C=O) groups excluding carboxylic acids is 4. The van der Waals surface area contributed by atoms with Crippen molar-refractivity contribution in [2.24, 2.45) is 0 Å². The summed E-state index contributed by atoms with van der Waals surface area (Å²) in [6, 6.07) is 12.3. The number of nitrogens with zero attached hydrogens (tertiary/aromatic N) is 1. The van der Waals surface area contributed by atoms with Gasteiger partial charge in [-0.15, -0.1) is 0 Å². The molecule has 0 bridgehead atoms. The minimum absolute atomic E-state index is 0.167. The van der Waals surface area contributed by atoms with Crippen LogP contribution in [-0.4, -0.2) is 54.3 Å². The van der Waals surface area contributed by atoms with Crippen molar-refractivity contribution < 1.29 is 33.4 Å². The van der Waals surface area contributed by atoms with Gasteiger partial charge in [-0.2, -0.15) is 0 Å². The van der Waals surface area contributed by atoms with Crippen LogP contribution in [0.4, 0.5) is 10.5 Å². The molecule has 0 aromatic heterocycles. The van der Waals surface area contributed by atoms with E-state index in [1.54, 1.807) is 44.2 Å². The minimum atomic E-state index is -0.655. The Morgan fingerprint density at radius 2 is 1.80 bits per heavy atom. The molecule has 1 fully saturated rings. The molecule has 10 heteroatoms. The number of hydrogen-bond donors (Lipinski definition) is 1. The molecule has 35 heavy (non-hydrogen) atoms. The highest BCUT2D eigenvalue weighted by molar-refractivity contribution is 8.18. The van der Waals surface area contributed by atoms with Gasteiger partial charge in [-0.25, -0.2) is 0 Å². The summed E-state index contributed by atoms with van der Waals surface area (Å²) in [5.74, 6) is -0.870. The van der Waals surface area contributed by atoms with Gasteiger partial charge in [-0.3, -0.25) is 24.1 Å². The lowest BCUT2D eigenvalue weighted by Crippen LogP contribution is -2.35. The van der Waals surface area contributed by atoms with Crippen molar-refractivity contribution in [1.82, 2.24) is 4.90 Å². The number of hydrogen-bond acceptors (Lipinski definition) is 8. The van der Waals surface area contributed by atoms with Crippen LogP contribution in [-0.2, 0) is 19.1 Å². The number of esters is 1. The first-order chi connectivity index (χ1) is 16.7. The van der Waals surface area contributed by atoms with E-state index in [9.17, 15) is 19.2 Å². The monoisotopic (exact) mass is 498 g/mol. The molecule has 0 aliphatic carbocycles. The van der Waals surface area contributed by atoms with Crippen LogP contribution in [0.3, 0.4) is 0 Å². The van der Waals surface area contributed by atoms with Gasteiger partial charge in [-0.1, -0.05) is 23.8 Å². The molecule has 3 rings (SSSR count). The van der Waals surface area contributed by atoms with Crippen LogP contribution in [0.15, 0.2) is 47.4 Å². The van der Waals surface area contributed by atoms with Gasteiger partial charge < -0.3 is 19.5 Å². The van der Waals surface area contributed by atoms with E-state index < -0.39 is 23.7 Å². The topological polar surface area (TPSA) is 111 Å². The molecule has 0 unspecified atom stereocenters. The first-order valence-electron chi connectivity index (χ1n) is 10.8. The zero-order valence-corrected chi connectivity index (χ0v) is 20.6. The molecule has 0 spiro atoms. The number of methoxy groups -OCH3 is 1. The Morgan fingerprint density at radius 3 is 2.46 bits per heavy atom. The molecule has 1 aliphatic rings. The standard InChI is InChI=1S/C25H26N2O7S/c1-15(2)34-23(29)13-27-24(30)21(35-25(27)31)12-17-7-10-19(20(11-17)32-4)33-14-22(28)26-18-8-5-16(3)6-9-18/h5-12,15H,13-14H2,1-4H3,(H,26,28)/b21-12+. The average molecular weight is 499 g/mol. The number of imide groups is 1. The summed E-state index contributed by atoms with van der Waals surface area (Å²) >= 11 is 0.737. The number of benzene rings is 2. The molecule has 0 saturated carbocycles. The van der Waals surface area contributed by atoms with Crippen LogP contribution in [0.25, 0.3) is 6.08 Å². The van der Waals surface area contributed by atoms with Crippen LogP contribution < -0.4 is 14.8 Å². The number of nitrogens with one attached hydrogen (secondary N) is 1. The minimum Gasteiger partial charge on any atom is -0.493 e. The summed E-state index contributed by atoms with van der Waals surface area (Å²) in [6.07, 6.45) is 1.18. The molecule has 1 saturated heterocycles. The Labute approximate surface area is 207 Å². The van der Waals surface area contributed by atoms with E-state index in [0.717, 1.165) is 22.2 Å². The molecule has 1 aliphatic heterocycles. The van der Waals surface area contributed by atoms with Crippen molar-refractivity contribution in [3.8, 4) is 11.5 Å². The maximum absolute atomic E-state index is 12.6. The first-order valence-corrected chi connectivity index (χ1v) is 11.6. The summed E-state index contributed by atoms with van der Waals surface area (Å²) in [5, 5.41) is 2.20. The fraction of sp³-hybridized carbons (Fsp3) is 0.280. The molecule has 1 heterocycles. The van der Waals surface area contributed by atoms with Crippen LogP contribution in [0.5, 0.6) is 11.5 Å².